The van der Waals surface area contributed by atoms with Gasteiger partial charge in [-0.25, -0.2) is 9.97 Å². The van der Waals surface area contributed by atoms with Gasteiger partial charge in [0, 0.05) is 26.8 Å². The van der Waals surface area contributed by atoms with Crippen molar-refractivity contribution in [2.45, 2.75) is 19.8 Å². The maximum atomic E-state index is 11.8. The SMILES string of the molecule is CCNc1cnc(C(=O)NCCCCOCCOC)cn1. The van der Waals surface area contributed by atoms with E-state index in [9.17, 15) is 4.79 Å². The highest BCUT2D eigenvalue weighted by molar-refractivity contribution is 5.91. The van der Waals surface area contributed by atoms with E-state index in [-0.39, 0.29) is 5.91 Å². The molecular weight excluding hydrogens is 272 g/mol. The summed E-state index contributed by atoms with van der Waals surface area (Å²) < 4.78 is 10.2. The number of amides is 1. The molecule has 0 radical (unpaired) electrons. The summed E-state index contributed by atoms with van der Waals surface area (Å²) in [6.45, 7) is 5.24. The fourth-order valence-corrected chi connectivity index (χ4v) is 1.58. The number of nitrogens with zero attached hydrogens (tertiary/aromatic N) is 2. The van der Waals surface area contributed by atoms with Gasteiger partial charge in [0.1, 0.15) is 11.5 Å². The van der Waals surface area contributed by atoms with Crippen LogP contribution >= 0.6 is 0 Å². The maximum absolute atomic E-state index is 11.8. The molecule has 118 valence electrons. The minimum absolute atomic E-state index is 0.203. The van der Waals surface area contributed by atoms with Crippen LogP contribution < -0.4 is 10.6 Å². The zero-order valence-corrected chi connectivity index (χ0v) is 12.7. The van der Waals surface area contributed by atoms with Gasteiger partial charge < -0.3 is 20.1 Å². The lowest BCUT2D eigenvalue weighted by Gasteiger charge is -2.06. The van der Waals surface area contributed by atoms with Gasteiger partial charge in [-0.2, -0.15) is 0 Å². The third kappa shape index (κ3) is 7.57. The number of carbonyl (C=O) groups is 1. The summed E-state index contributed by atoms with van der Waals surface area (Å²) >= 11 is 0. The van der Waals surface area contributed by atoms with Crippen molar-refractivity contribution >= 4 is 11.7 Å². The first kappa shape index (κ1) is 17.3. The van der Waals surface area contributed by atoms with Crippen molar-refractivity contribution in [3.8, 4) is 0 Å². The lowest BCUT2D eigenvalue weighted by Crippen LogP contribution is -2.25. The lowest BCUT2D eigenvalue weighted by atomic mass is 10.3. The molecule has 0 spiro atoms. The Hall–Kier alpha value is -1.73. The highest BCUT2D eigenvalue weighted by Gasteiger charge is 2.06. The quantitative estimate of drug-likeness (QED) is 0.594. The number of methoxy groups -OCH3 is 1. The Morgan fingerprint density at radius 1 is 1.19 bits per heavy atom. The molecule has 0 bridgehead atoms. The zero-order chi connectivity index (χ0) is 15.3. The van der Waals surface area contributed by atoms with Gasteiger partial charge in [0.15, 0.2) is 0 Å². The minimum Gasteiger partial charge on any atom is -0.382 e. The number of unbranched alkanes of at least 4 members (excludes halogenated alkanes) is 1. The number of rotatable bonds is 11. The summed E-state index contributed by atoms with van der Waals surface area (Å²) in [5, 5.41) is 5.84. The Kier molecular flexibility index (Phi) is 9.06. The van der Waals surface area contributed by atoms with Crippen molar-refractivity contribution in [1.29, 1.82) is 0 Å². The third-order valence-electron chi connectivity index (χ3n) is 2.68. The molecule has 0 atom stereocenters. The molecule has 0 aromatic carbocycles. The molecule has 0 fully saturated rings. The Morgan fingerprint density at radius 3 is 2.71 bits per heavy atom. The van der Waals surface area contributed by atoms with Crippen molar-refractivity contribution in [3.05, 3.63) is 18.1 Å². The number of aromatic nitrogens is 2. The number of hydrogen-bond acceptors (Lipinski definition) is 6. The summed E-state index contributed by atoms with van der Waals surface area (Å²) in [7, 11) is 1.65. The summed E-state index contributed by atoms with van der Waals surface area (Å²) in [5.74, 6) is 0.466. The summed E-state index contributed by atoms with van der Waals surface area (Å²) in [4.78, 5) is 20.0. The van der Waals surface area contributed by atoms with E-state index in [0.29, 0.717) is 37.9 Å². The third-order valence-corrected chi connectivity index (χ3v) is 2.68. The standard InChI is InChI=1S/C14H24N4O3/c1-3-15-13-11-17-12(10-18-13)14(19)16-6-4-5-7-21-9-8-20-2/h10-11H,3-9H2,1-2H3,(H,15,18)(H,16,19). The molecule has 0 unspecified atom stereocenters. The van der Waals surface area contributed by atoms with Crippen molar-refractivity contribution in [2.24, 2.45) is 0 Å². The molecule has 0 aliphatic rings. The first-order valence-corrected chi connectivity index (χ1v) is 7.18. The molecule has 0 aliphatic heterocycles. The first-order chi connectivity index (χ1) is 10.3. The average molecular weight is 296 g/mol. The van der Waals surface area contributed by atoms with Crippen molar-refractivity contribution in [3.63, 3.8) is 0 Å². The maximum Gasteiger partial charge on any atom is 0.271 e. The Balaban J connectivity index is 2.13. The van der Waals surface area contributed by atoms with E-state index >= 15 is 0 Å². The van der Waals surface area contributed by atoms with Crippen molar-refractivity contribution < 1.29 is 14.3 Å². The van der Waals surface area contributed by atoms with E-state index in [2.05, 4.69) is 20.6 Å². The van der Waals surface area contributed by atoms with Gasteiger partial charge in [0.05, 0.1) is 25.6 Å². The zero-order valence-electron chi connectivity index (χ0n) is 12.7. The second-order valence-corrected chi connectivity index (χ2v) is 4.39. The second-order valence-electron chi connectivity index (χ2n) is 4.39. The van der Waals surface area contributed by atoms with Crippen molar-refractivity contribution in [2.75, 3.05) is 45.3 Å². The van der Waals surface area contributed by atoms with Gasteiger partial charge in [-0.1, -0.05) is 0 Å². The molecule has 1 rings (SSSR count). The topological polar surface area (TPSA) is 85.4 Å². The number of nitrogens with one attached hydrogen (secondary N) is 2. The van der Waals surface area contributed by atoms with E-state index in [0.717, 1.165) is 19.4 Å². The van der Waals surface area contributed by atoms with Crippen LogP contribution in [0.5, 0.6) is 0 Å². The lowest BCUT2D eigenvalue weighted by molar-refractivity contribution is 0.0686. The molecule has 2 N–H and O–H groups in total. The highest BCUT2D eigenvalue weighted by Crippen LogP contribution is 2.00. The molecule has 1 aromatic rings. The Morgan fingerprint density at radius 2 is 2.05 bits per heavy atom. The Bertz CT molecular complexity index is 398. The first-order valence-electron chi connectivity index (χ1n) is 7.18. The molecule has 0 saturated heterocycles. The monoisotopic (exact) mass is 296 g/mol. The van der Waals surface area contributed by atoms with Crippen LogP contribution in [0.4, 0.5) is 5.82 Å². The van der Waals surface area contributed by atoms with Gasteiger partial charge in [0.25, 0.3) is 5.91 Å². The van der Waals surface area contributed by atoms with Crippen LogP contribution in [-0.4, -0.2) is 55.9 Å². The fraction of sp³-hybridized carbons (Fsp3) is 0.643. The van der Waals surface area contributed by atoms with Crippen molar-refractivity contribution in [1.82, 2.24) is 15.3 Å². The molecule has 1 amide bonds. The van der Waals surface area contributed by atoms with Crippen LogP contribution in [-0.2, 0) is 9.47 Å². The molecule has 1 heterocycles. The number of anilines is 1. The van der Waals surface area contributed by atoms with E-state index in [1.54, 1.807) is 13.3 Å². The van der Waals surface area contributed by atoms with Crippen LogP contribution in [0, 0.1) is 0 Å². The molecule has 0 aliphatic carbocycles. The number of ether oxygens (including phenoxy) is 2. The van der Waals surface area contributed by atoms with Crippen LogP contribution in [0.3, 0.4) is 0 Å². The second kappa shape index (κ2) is 11.0. The van der Waals surface area contributed by atoms with Gasteiger partial charge in [-0.15, -0.1) is 0 Å². The van der Waals surface area contributed by atoms with Gasteiger partial charge in [0.2, 0.25) is 0 Å². The predicted molar refractivity (Wildman–Crippen MR) is 80.5 cm³/mol. The summed E-state index contributed by atoms with van der Waals surface area (Å²) in [6.07, 6.45) is 4.79. The molecule has 0 saturated carbocycles. The molecular formula is C14H24N4O3. The normalized spacial score (nSPS) is 10.4. The molecule has 7 nitrogen and oxygen atoms in total. The smallest absolute Gasteiger partial charge is 0.271 e. The highest BCUT2D eigenvalue weighted by atomic mass is 16.5. The summed E-state index contributed by atoms with van der Waals surface area (Å²) in [5.41, 5.74) is 0.327. The van der Waals surface area contributed by atoms with Crippen LogP contribution in [0.2, 0.25) is 0 Å². The van der Waals surface area contributed by atoms with Crippen LogP contribution in [0.25, 0.3) is 0 Å². The molecule has 21 heavy (non-hydrogen) atoms. The number of carbonyl (C=O) groups excluding carboxylic acids is 1. The fourth-order valence-electron chi connectivity index (χ4n) is 1.58. The van der Waals surface area contributed by atoms with Gasteiger partial charge >= 0.3 is 0 Å². The minimum atomic E-state index is -0.203. The predicted octanol–water partition coefficient (Wildman–Crippen LogP) is 1.08. The van der Waals surface area contributed by atoms with Gasteiger partial charge in [-0.3, -0.25) is 4.79 Å². The van der Waals surface area contributed by atoms with E-state index < -0.39 is 0 Å². The van der Waals surface area contributed by atoms with E-state index in [1.165, 1.54) is 6.20 Å². The van der Waals surface area contributed by atoms with E-state index in [1.807, 2.05) is 6.92 Å². The molecule has 1 aromatic heterocycles. The Labute approximate surface area is 125 Å². The number of hydrogen-bond donors (Lipinski definition) is 2. The van der Waals surface area contributed by atoms with Gasteiger partial charge in [-0.05, 0) is 19.8 Å². The molecule has 7 heteroatoms. The summed E-state index contributed by atoms with van der Waals surface area (Å²) in [6, 6.07) is 0. The largest absolute Gasteiger partial charge is 0.382 e. The van der Waals surface area contributed by atoms with Crippen LogP contribution in [0.15, 0.2) is 12.4 Å². The van der Waals surface area contributed by atoms with Crippen LogP contribution in [0.1, 0.15) is 30.3 Å². The van der Waals surface area contributed by atoms with E-state index in [4.69, 9.17) is 9.47 Å². The average Bonchev–Trinajstić information content (AvgIpc) is 2.51.